The molecule has 4 heteroatoms. The Bertz CT molecular complexity index is 203. The molecule has 0 aromatic carbocycles. The highest BCUT2D eigenvalue weighted by Gasteiger charge is 2.20. The number of Topliss-reactive ketones (excluding diaryl/α,β-unsaturated/α-hetero) is 1. The van der Waals surface area contributed by atoms with Gasteiger partial charge in [0.15, 0.2) is 11.0 Å². The number of carbonyl (C=O) groups excluding carboxylic acids is 1. The van der Waals surface area contributed by atoms with Crippen LogP contribution in [-0.2, 0) is 4.79 Å². The number of hydrogen-bond donors (Lipinski definition) is 0. The van der Waals surface area contributed by atoms with Gasteiger partial charge in [0.05, 0.1) is 6.54 Å². The van der Waals surface area contributed by atoms with Crippen molar-refractivity contribution in [3.8, 4) is 0 Å². The lowest BCUT2D eigenvalue weighted by molar-refractivity contribution is -0.115. The van der Waals surface area contributed by atoms with E-state index in [1.165, 1.54) is 0 Å². The molecule has 3 nitrogen and oxygen atoms in total. The van der Waals surface area contributed by atoms with Crippen molar-refractivity contribution in [1.29, 1.82) is 0 Å². The summed E-state index contributed by atoms with van der Waals surface area (Å²) >= 11 is 1.68. The van der Waals surface area contributed by atoms with Crippen LogP contribution in [0.4, 0.5) is 0 Å². The van der Waals surface area contributed by atoms with Gasteiger partial charge in [-0.2, -0.15) is 0 Å². The number of thioether (sulfide) groups is 1. The zero-order chi connectivity index (χ0) is 8.97. The maximum atomic E-state index is 10.6. The van der Waals surface area contributed by atoms with Crippen molar-refractivity contribution >= 4 is 22.7 Å². The third-order valence-electron chi connectivity index (χ3n) is 1.59. The minimum Gasteiger partial charge on any atom is -0.298 e. The molecule has 1 heterocycles. The Hall–Kier alpha value is -0.510. The van der Waals surface area contributed by atoms with E-state index in [-0.39, 0.29) is 12.3 Å². The summed E-state index contributed by atoms with van der Waals surface area (Å²) < 4.78 is 0. The molecule has 0 spiro atoms. The monoisotopic (exact) mass is 185 g/mol. The van der Waals surface area contributed by atoms with E-state index in [2.05, 4.69) is 17.2 Å². The van der Waals surface area contributed by atoms with Crippen molar-refractivity contribution in [2.24, 2.45) is 4.99 Å². The van der Waals surface area contributed by atoms with Crippen LogP contribution in [-0.4, -0.2) is 29.3 Å². The third kappa shape index (κ3) is 2.85. The van der Waals surface area contributed by atoms with Gasteiger partial charge >= 0.3 is 0 Å². The van der Waals surface area contributed by atoms with Crippen LogP contribution in [0.5, 0.6) is 0 Å². The Labute approximate surface area is 77.0 Å². The van der Waals surface area contributed by atoms with Gasteiger partial charge in [0.25, 0.3) is 0 Å². The maximum Gasteiger partial charge on any atom is 0.179 e. The summed E-state index contributed by atoms with van der Waals surface area (Å²) in [4.78, 5) is 14.7. The summed E-state index contributed by atoms with van der Waals surface area (Å²) in [6.45, 7) is 4.82. The van der Waals surface area contributed by atoms with Gasteiger partial charge in [0.2, 0.25) is 0 Å². The Morgan fingerprint density at radius 3 is 3.08 bits per heavy atom. The number of aliphatic imine (C=N–C) groups is 1. The van der Waals surface area contributed by atoms with E-state index >= 15 is 0 Å². The average Bonchev–Trinajstić information content (AvgIpc) is 2.48. The fourth-order valence-electron chi connectivity index (χ4n) is 0.882. The molecule has 1 atom stereocenters. The number of hydrogen-bond acceptors (Lipinski definition) is 3. The van der Waals surface area contributed by atoms with Crippen LogP contribution in [0.3, 0.4) is 0 Å². The first kappa shape index (κ1) is 9.58. The molecule has 0 bridgehead atoms. The van der Waals surface area contributed by atoms with E-state index in [1.807, 2.05) is 0 Å². The zero-order valence-corrected chi connectivity index (χ0v) is 8.23. The molecular weight excluding hydrogens is 172 g/mol. The molecular formula is C8H13N2OS. The highest BCUT2D eigenvalue weighted by Crippen LogP contribution is 2.21. The van der Waals surface area contributed by atoms with Gasteiger partial charge in [0.1, 0.15) is 6.54 Å². The van der Waals surface area contributed by atoms with E-state index in [0.717, 1.165) is 18.1 Å². The second-order valence-electron chi connectivity index (χ2n) is 2.79. The summed E-state index contributed by atoms with van der Waals surface area (Å²) in [5.74, 6) is 0.0956. The molecule has 1 fully saturated rings. The van der Waals surface area contributed by atoms with Gasteiger partial charge in [-0.25, -0.2) is 0 Å². The first-order chi connectivity index (χ1) is 5.72. The van der Waals surface area contributed by atoms with E-state index in [1.54, 1.807) is 18.7 Å². The standard InChI is InChI=1S/C8H13N2OS/c1-3-7-5-10-8(12-7)9-4-6(2)11/h7H,3-5H2,1-2H3. The predicted molar refractivity (Wildman–Crippen MR) is 51.7 cm³/mol. The van der Waals surface area contributed by atoms with Crippen LogP contribution >= 0.6 is 11.8 Å². The van der Waals surface area contributed by atoms with Crippen LogP contribution in [0, 0.1) is 0 Å². The number of ketones is 1. The highest BCUT2D eigenvalue weighted by atomic mass is 32.2. The van der Waals surface area contributed by atoms with Crippen molar-refractivity contribution in [3.05, 3.63) is 0 Å². The zero-order valence-electron chi connectivity index (χ0n) is 7.41. The van der Waals surface area contributed by atoms with Gasteiger partial charge in [-0.15, -0.1) is 0 Å². The highest BCUT2D eigenvalue weighted by molar-refractivity contribution is 8.14. The second-order valence-corrected chi connectivity index (χ2v) is 4.06. The number of amidine groups is 1. The van der Waals surface area contributed by atoms with Crippen LogP contribution in [0.15, 0.2) is 4.99 Å². The molecule has 0 aromatic heterocycles. The fourth-order valence-corrected chi connectivity index (χ4v) is 1.78. The number of carbonyl (C=O) groups is 1. The molecule has 67 valence electrons. The molecule has 1 radical (unpaired) electrons. The van der Waals surface area contributed by atoms with E-state index in [9.17, 15) is 4.79 Å². The van der Waals surface area contributed by atoms with Gasteiger partial charge in [-0.1, -0.05) is 18.7 Å². The second kappa shape index (κ2) is 4.50. The Morgan fingerprint density at radius 2 is 2.58 bits per heavy atom. The molecule has 0 amide bonds. The van der Waals surface area contributed by atoms with Crippen molar-refractivity contribution in [1.82, 2.24) is 5.32 Å². The summed E-state index contributed by atoms with van der Waals surface area (Å²) in [5.41, 5.74) is 0. The third-order valence-corrected chi connectivity index (χ3v) is 2.88. The molecule has 1 saturated heterocycles. The molecule has 0 N–H and O–H groups in total. The Kier molecular flexibility index (Phi) is 3.59. The van der Waals surface area contributed by atoms with Gasteiger partial charge in [-0.05, 0) is 13.3 Å². The minimum absolute atomic E-state index is 0.0956. The van der Waals surface area contributed by atoms with Gasteiger partial charge in [0, 0.05) is 5.25 Å². The van der Waals surface area contributed by atoms with E-state index < -0.39 is 0 Å². The SMILES string of the molecule is CCC1C[N]C(=NCC(C)=O)S1. The summed E-state index contributed by atoms with van der Waals surface area (Å²) in [6, 6.07) is 0. The smallest absolute Gasteiger partial charge is 0.179 e. The predicted octanol–water partition coefficient (Wildman–Crippen LogP) is 1.06. The normalized spacial score (nSPS) is 25.8. The molecule has 1 aliphatic rings. The minimum atomic E-state index is 0.0956. The van der Waals surface area contributed by atoms with Crippen molar-refractivity contribution in [3.63, 3.8) is 0 Å². The van der Waals surface area contributed by atoms with Crippen LogP contribution in [0.2, 0.25) is 0 Å². The van der Waals surface area contributed by atoms with Crippen molar-refractivity contribution in [2.75, 3.05) is 13.1 Å². The van der Waals surface area contributed by atoms with Gasteiger partial charge < -0.3 is 0 Å². The van der Waals surface area contributed by atoms with Crippen LogP contribution in [0.1, 0.15) is 20.3 Å². The Morgan fingerprint density at radius 1 is 1.83 bits per heavy atom. The molecule has 0 saturated carbocycles. The lowest BCUT2D eigenvalue weighted by Crippen LogP contribution is -2.08. The van der Waals surface area contributed by atoms with Crippen LogP contribution in [0.25, 0.3) is 0 Å². The van der Waals surface area contributed by atoms with Crippen molar-refractivity contribution in [2.45, 2.75) is 25.5 Å². The van der Waals surface area contributed by atoms with E-state index in [0.29, 0.717) is 5.25 Å². The topological polar surface area (TPSA) is 43.5 Å². The lowest BCUT2D eigenvalue weighted by atomic mass is 10.3. The molecule has 1 rings (SSSR count). The summed E-state index contributed by atoms with van der Waals surface area (Å²) in [6.07, 6.45) is 1.12. The van der Waals surface area contributed by atoms with Crippen molar-refractivity contribution < 1.29 is 4.79 Å². The summed E-state index contributed by atoms with van der Waals surface area (Å²) in [7, 11) is 0. The number of nitrogens with zero attached hydrogens (tertiary/aromatic N) is 2. The van der Waals surface area contributed by atoms with Gasteiger partial charge in [-0.3, -0.25) is 15.1 Å². The fraction of sp³-hybridized carbons (Fsp3) is 0.750. The largest absolute Gasteiger partial charge is 0.298 e. The molecule has 0 aromatic rings. The number of rotatable bonds is 3. The quantitative estimate of drug-likeness (QED) is 0.660. The molecule has 1 unspecified atom stereocenters. The lowest BCUT2D eigenvalue weighted by Gasteiger charge is -1.97. The van der Waals surface area contributed by atoms with Crippen LogP contribution < -0.4 is 5.32 Å². The molecule has 12 heavy (non-hydrogen) atoms. The first-order valence-electron chi connectivity index (χ1n) is 4.10. The summed E-state index contributed by atoms with van der Waals surface area (Å²) in [5, 5.41) is 5.60. The maximum absolute atomic E-state index is 10.6. The van der Waals surface area contributed by atoms with E-state index in [4.69, 9.17) is 0 Å². The Balaban J connectivity index is 2.35. The molecule has 0 aliphatic carbocycles. The molecule has 1 aliphatic heterocycles. The average molecular weight is 185 g/mol. The first-order valence-corrected chi connectivity index (χ1v) is 4.98.